The third kappa shape index (κ3) is 5.35. The molecule has 2 aromatic rings. The molecule has 0 atom stereocenters. The highest BCUT2D eigenvalue weighted by Gasteiger charge is 2.34. The van der Waals surface area contributed by atoms with Crippen molar-refractivity contribution >= 4 is 17.5 Å². The fraction of sp³-hybridized carbons (Fsp3) is 0.391. The number of carbonyl (C=O) groups is 2. The Morgan fingerprint density at radius 1 is 0.931 bits per heavy atom. The summed E-state index contributed by atoms with van der Waals surface area (Å²) in [5.74, 6) is 1.92. The number of hydrogen-bond acceptors (Lipinski definition) is 4. The molecule has 0 spiro atoms. The smallest absolute Gasteiger partial charge is 0.225 e. The molecule has 1 saturated heterocycles. The minimum absolute atomic E-state index is 0.0365. The lowest BCUT2D eigenvalue weighted by atomic mass is 10.2. The monoisotopic (exact) mass is 393 g/mol. The number of anilines is 1. The van der Waals surface area contributed by atoms with Crippen molar-refractivity contribution in [3.8, 4) is 11.5 Å². The average Bonchev–Trinajstić information content (AvgIpc) is 3.60. The number of nitrogens with zero attached hydrogens (tertiary/aromatic N) is 2. The van der Waals surface area contributed by atoms with Crippen molar-refractivity contribution in [2.75, 3.05) is 38.0 Å². The van der Waals surface area contributed by atoms with Gasteiger partial charge in [-0.3, -0.25) is 14.5 Å². The zero-order valence-corrected chi connectivity index (χ0v) is 16.5. The summed E-state index contributed by atoms with van der Waals surface area (Å²) in [5.41, 5.74) is 0.668. The summed E-state index contributed by atoms with van der Waals surface area (Å²) in [7, 11) is 0. The topological polar surface area (TPSA) is 61.9 Å². The van der Waals surface area contributed by atoms with Gasteiger partial charge < -0.3 is 15.0 Å². The van der Waals surface area contributed by atoms with E-state index in [0.717, 1.165) is 44.8 Å². The van der Waals surface area contributed by atoms with Gasteiger partial charge in [0.15, 0.2) is 5.75 Å². The van der Waals surface area contributed by atoms with Crippen LogP contribution in [0.15, 0.2) is 54.6 Å². The predicted molar refractivity (Wildman–Crippen MR) is 112 cm³/mol. The lowest BCUT2D eigenvalue weighted by molar-refractivity contribution is -0.134. The summed E-state index contributed by atoms with van der Waals surface area (Å²) in [6.07, 6.45) is 2.51. The molecule has 1 aliphatic heterocycles. The fourth-order valence-electron chi connectivity index (χ4n) is 3.53. The Hall–Kier alpha value is -2.86. The van der Waals surface area contributed by atoms with Gasteiger partial charge in [0.05, 0.1) is 5.69 Å². The molecule has 1 N–H and O–H groups in total. The van der Waals surface area contributed by atoms with Crippen molar-refractivity contribution in [3.63, 3.8) is 0 Å². The molecule has 0 aromatic heterocycles. The molecule has 0 bridgehead atoms. The third-order valence-corrected chi connectivity index (χ3v) is 5.40. The summed E-state index contributed by atoms with van der Waals surface area (Å²) in [5, 5.41) is 2.97. The normalized spacial score (nSPS) is 17.0. The van der Waals surface area contributed by atoms with Crippen LogP contribution < -0.4 is 10.1 Å². The lowest BCUT2D eigenvalue weighted by Gasteiger charge is -2.34. The number of ether oxygens (including phenoxy) is 1. The first kappa shape index (κ1) is 19.5. The summed E-state index contributed by atoms with van der Waals surface area (Å²) < 4.78 is 5.90. The minimum Gasteiger partial charge on any atom is -0.455 e. The van der Waals surface area contributed by atoms with Crippen LogP contribution in [0.2, 0.25) is 0 Å². The Morgan fingerprint density at radius 3 is 2.34 bits per heavy atom. The van der Waals surface area contributed by atoms with Crippen LogP contribution in [0, 0.1) is 5.92 Å². The van der Waals surface area contributed by atoms with Crippen LogP contribution in [0.3, 0.4) is 0 Å². The van der Waals surface area contributed by atoms with Crippen LogP contribution >= 0.6 is 0 Å². The largest absolute Gasteiger partial charge is 0.455 e. The summed E-state index contributed by atoms with van der Waals surface area (Å²) in [4.78, 5) is 28.8. The number of piperazine rings is 1. The second-order valence-corrected chi connectivity index (χ2v) is 7.65. The van der Waals surface area contributed by atoms with Gasteiger partial charge >= 0.3 is 0 Å². The maximum atomic E-state index is 12.5. The standard InChI is InChI=1S/C23H27N3O3/c27-22(12-13-25-14-16-26(17-15-25)23(28)18-10-11-18)24-20-8-4-5-9-21(20)29-19-6-2-1-3-7-19/h1-9,18H,10-17H2,(H,24,27). The molecule has 29 heavy (non-hydrogen) atoms. The number of rotatable bonds is 7. The first-order valence-electron chi connectivity index (χ1n) is 10.3. The first-order valence-corrected chi connectivity index (χ1v) is 10.3. The Bertz CT molecular complexity index is 843. The van der Waals surface area contributed by atoms with E-state index in [-0.39, 0.29) is 11.8 Å². The SMILES string of the molecule is O=C(CCN1CCN(C(=O)C2CC2)CC1)Nc1ccccc1Oc1ccccc1. The van der Waals surface area contributed by atoms with Gasteiger partial charge in [-0.1, -0.05) is 30.3 Å². The molecular formula is C23H27N3O3. The zero-order chi connectivity index (χ0) is 20.1. The van der Waals surface area contributed by atoms with Gasteiger partial charge in [-0.05, 0) is 37.1 Å². The maximum Gasteiger partial charge on any atom is 0.225 e. The van der Waals surface area contributed by atoms with Crippen LogP contribution in [0.25, 0.3) is 0 Å². The summed E-state index contributed by atoms with van der Waals surface area (Å²) in [6.45, 7) is 3.90. The molecule has 0 radical (unpaired) electrons. The molecule has 4 rings (SSSR count). The van der Waals surface area contributed by atoms with Crippen LogP contribution in [-0.4, -0.2) is 54.3 Å². The van der Waals surface area contributed by atoms with Crippen molar-refractivity contribution in [1.29, 1.82) is 0 Å². The van der Waals surface area contributed by atoms with Gasteiger partial charge in [-0.2, -0.15) is 0 Å². The number of amides is 2. The highest BCUT2D eigenvalue weighted by atomic mass is 16.5. The average molecular weight is 393 g/mol. The van der Waals surface area contributed by atoms with E-state index in [1.54, 1.807) is 0 Å². The molecule has 0 unspecified atom stereocenters. The van der Waals surface area contributed by atoms with E-state index in [1.807, 2.05) is 59.5 Å². The highest BCUT2D eigenvalue weighted by Crippen LogP contribution is 2.31. The van der Waals surface area contributed by atoms with Crippen molar-refractivity contribution in [2.45, 2.75) is 19.3 Å². The number of para-hydroxylation sites is 3. The lowest BCUT2D eigenvalue weighted by Crippen LogP contribution is -2.49. The van der Waals surface area contributed by atoms with Crippen LogP contribution in [-0.2, 0) is 9.59 Å². The molecule has 1 heterocycles. The van der Waals surface area contributed by atoms with Crippen LogP contribution in [0.1, 0.15) is 19.3 Å². The van der Waals surface area contributed by atoms with Gasteiger partial charge in [0.25, 0.3) is 0 Å². The highest BCUT2D eigenvalue weighted by molar-refractivity contribution is 5.92. The Balaban J connectivity index is 1.24. The minimum atomic E-state index is -0.0365. The maximum absolute atomic E-state index is 12.5. The molecule has 2 amide bonds. The van der Waals surface area contributed by atoms with Crippen molar-refractivity contribution < 1.29 is 14.3 Å². The summed E-state index contributed by atoms with van der Waals surface area (Å²) >= 11 is 0. The molecule has 152 valence electrons. The van der Waals surface area contributed by atoms with E-state index in [1.165, 1.54) is 0 Å². The Labute approximate surface area is 171 Å². The first-order chi connectivity index (χ1) is 14.2. The molecule has 2 fully saturated rings. The number of nitrogens with one attached hydrogen (secondary N) is 1. The van der Waals surface area contributed by atoms with E-state index in [4.69, 9.17) is 4.74 Å². The van der Waals surface area contributed by atoms with Gasteiger partial charge in [0.2, 0.25) is 11.8 Å². The van der Waals surface area contributed by atoms with E-state index in [9.17, 15) is 9.59 Å². The van der Waals surface area contributed by atoms with Crippen molar-refractivity contribution in [2.24, 2.45) is 5.92 Å². The molecule has 2 aromatic carbocycles. The fourth-order valence-corrected chi connectivity index (χ4v) is 3.53. The zero-order valence-electron chi connectivity index (χ0n) is 16.5. The number of hydrogen-bond donors (Lipinski definition) is 1. The molecule has 2 aliphatic rings. The number of carbonyl (C=O) groups excluding carboxylic acids is 2. The second kappa shape index (κ2) is 9.09. The van der Waals surface area contributed by atoms with E-state index in [0.29, 0.717) is 30.3 Å². The quantitative estimate of drug-likeness (QED) is 0.784. The third-order valence-electron chi connectivity index (χ3n) is 5.40. The van der Waals surface area contributed by atoms with E-state index < -0.39 is 0 Å². The van der Waals surface area contributed by atoms with Gasteiger partial charge in [-0.15, -0.1) is 0 Å². The van der Waals surface area contributed by atoms with Gasteiger partial charge in [0, 0.05) is 45.1 Å². The molecule has 6 heteroatoms. The summed E-state index contributed by atoms with van der Waals surface area (Å²) in [6, 6.07) is 17.0. The van der Waals surface area contributed by atoms with Gasteiger partial charge in [-0.25, -0.2) is 0 Å². The Kier molecular flexibility index (Phi) is 6.10. The second-order valence-electron chi connectivity index (χ2n) is 7.65. The van der Waals surface area contributed by atoms with Gasteiger partial charge in [0.1, 0.15) is 5.75 Å². The molecule has 6 nitrogen and oxygen atoms in total. The molecule has 1 saturated carbocycles. The van der Waals surface area contributed by atoms with Crippen LogP contribution in [0.5, 0.6) is 11.5 Å². The molecule has 1 aliphatic carbocycles. The van der Waals surface area contributed by atoms with E-state index >= 15 is 0 Å². The number of benzene rings is 2. The Morgan fingerprint density at radius 2 is 1.62 bits per heavy atom. The van der Waals surface area contributed by atoms with Crippen LogP contribution in [0.4, 0.5) is 5.69 Å². The van der Waals surface area contributed by atoms with E-state index in [2.05, 4.69) is 10.2 Å². The van der Waals surface area contributed by atoms with Crippen molar-refractivity contribution in [3.05, 3.63) is 54.6 Å². The van der Waals surface area contributed by atoms with Crippen molar-refractivity contribution in [1.82, 2.24) is 9.80 Å². The predicted octanol–water partition coefficient (Wildman–Crippen LogP) is 3.36. The molecular weight excluding hydrogens is 366 g/mol.